The first-order valence-electron chi connectivity index (χ1n) is 37.6. The van der Waals surface area contributed by atoms with Crippen LogP contribution in [0.25, 0.3) is 0 Å². The van der Waals surface area contributed by atoms with Gasteiger partial charge in [-0.1, -0.05) is 65.8 Å². The zero-order chi connectivity index (χ0) is 86.0. The molecule has 0 spiro atoms. The van der Waals surface area contributed by atoms with Gasteiger partial charge in [0.15, 0.2) is 12.2 Å². The Hall–Kier alpha value is -8.17. The Kier molecular flexibility index (Phi) is 36.5. The van der Waals surface area contributed by atoms with E-state index in [1.54, 1.807) is 84.9 Å². The third-order valence-corrected chi connectivity index (χ3v) is 21.0. The molecule has 2 aromatic carbocycles. The third-order valence-electron chi connectivity index (χ3n) is 19.7. The van der Waals surface area contributed by atoms with Crippen LogP contribution in [0.2, 0.25) is 0 Å². The fourth-order valence-electron chi connectivity index (χ4n) is 12.5. The molecule has 5 aliphatic rings. The van der Waals surface area contributed by atoms with E-state index in [0.29, 0.717) is 60.8 Å². The van der Waals surface area contributed by atoms with E-state index >= 15 is 0 Å². The number of aliphatic hydroxyl groups is 6. The second-order valence-electron chi connectivity index (χ2n) is 31.8. The number of carbonyl (C=O) groups is 11. The van der Waals surface area contributed by atoms with Gasteiger partial charge in [0.2, 0.25) is 53.9 Å². The van der Waals surface area contributed by atoms with Crippen LogP contribution in [0.1, 0.15) is 157 Å². The van der Waals surface area contributed by atoms with Gasteiger partial charge in [-0.2, -0.15) is 16.8 Å². The van der Waals surface area contributed by atoms with Gasteiger partial charge in [0.1, 0.15) is 73.4 Å². The number of aryl methyl sites for hydroxylation is 2. The van der Waals surface area contributed by atoms with Gasteiger partial charge in [0.05, 0.1) is 73.9 Å². The third kappa shape index (κ3) is 29.1. The van der Waals surface area contributed by atoms with E-state index in [-0.39, 0.29) is 115 Å². The first-order valence-corrected chi connectivity index (χ1v) is 40.8. The molecule has 15 atom stereocenters. The minimum absolute atomic E-state index is 0. The smallest absolute Gasteiger partial charge is 0.335 e. The minimum atomic E-state index is -4.31. The predicted octanol–water partition coefficient (Wildman–Crippen LogP) is -0.307. The van der Waals surface area contributed by atoms with E-state index < -0.39 is 200 Å². The normalized spacial score (nSPS) is 25.2. The molecule has 654 valence electrons. The van der Waals surface area contributed by atoms with Crippen LogP contribution in [0.5, 0.6) is 11.5 Å². The number of hydrogen-bond acceptors (Lipinski definition) is 29. The molecule has 13 N–H and O–H groups in total. The Balaban J connectivity index is 0.000000410. The molecule has 39 nitrogen and oxygen atoms in total. The van der Waals surface area contributed by atoms with Crippen LogP contribution in [0.4, 0.5) is 0 Å². The molecular formula is C75H114N6O33S2. The second kappa shape index (κ2) is 43.0. The molecule has 5 saturated heterocycles. The molecule has 116 heavy (non-hydrogen) atoms. The minimum Gasteiger partial charge on any atom is -0.479 e. The van der Waals surface area contributed by atoms with Crippen LogP contribution in [0.3, 0.4) is 0 Å². The molecule has 0 bridgehead atoms. The molecule has 0 aliphatic carbocycles. The summed E-state index contributed by atoms with van der Waals surface area (Å²) in [6.45, 7) is 15.5. The molecule has 5 fully saturated rings. The number of hydrogen-bond donors (Lipinski definition) is 13. The summed E-state index contributed by atoms with van der Waals surface area (Å²) in [5.74, 6) is -9.46. The number of imide groups is 1. The summed E-state index contributed by atoms with van der Waals surface area (Å²) in [4.78, 5) is 142. The van der Waals surface area contributed by atoms with Crippen molar-refractivity contribution in [3.8, 4) is 11.5 Å². The number of ether oxygens (including phenoxy) is 8. The van der Waals surface area contributed by atoms with Crippen molar-refractivity contribution in [2.75, 3.05) is 64.1 Å². The van der Waals surface area contributed by atoms with Crippen molar-refractivity contribution < 1.29 is 157 Å². The lowest BCUT2D eigenvalue weighted by Gasteiger charge is -2.38. The predicted molar refractivity (Wildman–Crippen MR) is 405 cm³/mol. The number of aliphatic hydroxyl groups excluding tert-OH is 6. The van der Waals surface area contributed by atoms with Crippen molar-refractivity contribution in [3.63, 3.8) is 0 Å². The summed E-state index contributed by atoms with van der Waals surface area (Å²) in [6.07, 6.45) is -14.7. The molecule has 7 amide bonds. The van der Waals surface area contributed by atoms with Gasteiger partial charge in [0, 0.05) is 43.0 Å². The summed E-state index contributed by atoms with van der Waals surface area (Å²) < 4.78 is 106. The lowest BCUT2D eigenvalue weighted by molar-refractivity contribution is -0.271. The molecule has 5 heterocycles. The standard InChI is InChI=1S/C38H59N3O16S.C36H51N3O17S.CH4/c1-7-38(5,6)18-27(42)40-25-17-24(21-54-14-15-58(51,52)53)41(33(25)47)19-28(43)39-13-9-8-10-22-11-12-23(20-55-36(50)37(2,3)4)26(16-22)56-35-31(46)29(44)30(45)32(57-35)34(48)49;1-19-13-26(41)39(31(19)45)23-15-22(18-53-11-12-57(50,51)52)38(32(23)46)16-25(40)37-10-6-5-7-20-8-9-21(17-54-35(49)36(2,3)4)24(14-20)55-34-29(44)27(42)28(43)30(56-34)33(47)48;/h11-12,16,24-25,29-32,35,44-46H,7-10,13-15,17-21H2,1-6H3,(H,39,43)(H,40,42)(H,48,49)(H,51,52,53);8-9,14,19,22-23,27-30,34,42-44H,5-7,10-13,15-18H2,1-4H3,(H,37,40)(H,47,48)(H,50,51,52);1H4/t24-,25-,29-,30-,31+,32-,35+;19?,22-,23-,27-,28-,29+,30-,34+;/m00./s1. The average Bonchev–Trinajstić information content (AvgIpc) is 1.59. The van der Waals surface area contributed by atoms with Gasteiger partial charge in [-0.3, -0.25) is 57.2 Å². The number of nitrogens with one attached hydrogen (secondary N) is 3. The summed E-state index contributed by atoms with van der Waals surface area (Å²) >= 11 is 0. The van der Waals surface area contributed by atoms with Crippen LogP contribution >= 0.6 is 0 Å². The van der Waals surface area contributed by atoms with Gasteiger partial charge in [-0.15, -0.1) is 0 Å². The monoisotopic (exact) mass is 1690 g/mol. The summed E-state index contributed by atoms with van der Waals surface area (Å²) in [7, 11) is -8.58. The summed E-state index contributed by atoms with van der Waals surface area (Å²) in [5, 5.41) is 88.9. The maximum atomic E-state index is 13.5. The number of rotatable bonds is 39. The first-order chi connectivity index (χ1) is 53.5. The van der Waals surface area contributed by atoms with Gasteiger partial charge >= 0.3 is 23.9 Å². The number of carboxylic acids is 2. The van der Waals surface area contributed by atoms with E-state index in [9.17, 15) is 110 Å². The van der Waals surface area contributed by atoms with Gasteiger partial charge in [-0.25, -0.2) is 9.59 Å². The first kappa shape index (κ1) is 98.4. The molecular weight excluding hydrogens is 1580 g/mol. The van der Waals surface area contributed by atoms with Gasteiger partial charge in [0.25, 0.3) is 20.2 Å². The molecule has 2 aromatic rings. The number of benzene rings is 2. The Morgan fingerprint density at radius 3 is 1.35 bits per heavy atom. The number of amides is 7. The molecule has 0 aromatic heterocycles. The Labute approximate surface area is 673 Å². The van der Waals surface area contributed by atoms with Crippen LogP contribution < -0.4 is 25.4 Å². The van der Waals surface area contributed by atoms with Crippen molar-refractivity contribution in [3.05, 3.63) is 58.7 Å². The fourth-order valence-corrected chi connectivity index (χ4v) is 13.2. The highest BCUT2D eigenvalue weighted by Gasteiger charge is 2.52. The largest absolute Gasteiger partial charge is 0.479 e. The Morgan fingerprint density at radius 2 is 0.974 bits per heavy atom. The lowest BCUT2D eigenvalue weighted by atomic mass is 9.86. The lowest BCUT2D eigenvalue weighted by Crippen LogP contribution is -2.61. The molecule has 5 aliphatic heterocycles. The van der Waals surface area contributed by atoms with E-state index in [1.807, 2.05) is 20.8 Å². The SMILES string of the molecule is C.CC1CC(=O)N([C@H]2C[C@@H](COCCS(=O)(=O)O)N(CC(=O)NCCCCc3ccc(COC(=O)C(C)(C)C)c(O[C@@H]4O[C@H](C(=O)O)[C@@H](O)[C@H](O)[C@H]4O)c3)C2=O)C1=O.CCC(C)(C)CC(=O)N[C@H]1C[C@@H](COCCS(=O)(=O)O)N(CC(=O)NCCCCc2ccc(COC(=O)C(C)(C)C)c(O[C@@H]3O[C@H](C(=O)O)[C@@H](O)[C@H](O)[C@H]3O)c2)C1=O. The number of carboxylic acid groups (broad SMARTS) is 2. The maximum absolute atomic E-state index is 13.5. The highest BCUT2D eigenvalue weighted by atomic mass is 32.2. The molecule has 0 saturated carbocycles. The van der Waals surface area contributed by atoms with E-state index in [0.717, 1.165) is 11.3 Å². The topological polar surface area (TPSA) is 578 Å². The maximum Gasteiger partial charge on any atom is 0.335 e. The highest BCUT2D eigenvalue weighted by molar-refractivity contribution is 7.86. The van der Waals surface area contributed by atoms with Gasteiger partial charge in [-0.05, 0) is 122 Å². The quantitative estimate of drug-likeness (QED) is 0.0177. The number of esters is 2. The van der Waals surface area contributed by atoms with Crippen molar-refractivity contribution in [2.24, 2.45) is 22.2 Å². The van der Waals surface area contributed by atoms with Gasteiger partial charge < -0.3 is 104 Å². The number of carbonyl (C=O) groups excluding carboxylic acids is 9. The zero-order valence-corrected chi connectivity index (χ0v) is 67.5. The van der Waals surface area contributed by atoms with Crippen LogP contribution in [0.15, 0.2) is 36.4 Å². The van der Waals surface area contributed by atoms with Crippen molar-refractivity contribution >= 4 is 85.5 Å². The van der Waals surface area contributed by atoms with E-state index in [4.69, 9.17) is 47.0 Å². The molecule has 0 radical (unpaired) electrons. The number of unbranched alkanes of at least 4 members (excludes halogenated alkanes) is 2. The van der Waals surface area contributed by atoms with Crippen LogP contribution in [-0.2, 0) is 127 Å². The highest BCUT2D eigenvalue weighted by Crippen LogP contribution is 2.35. The van der Waals surface area contributed by atoms with Crippen molar-refractivity contribution in [2.45, 2.75) is 246 Å². The van der Waals surface area contributed by atoms with Crippen LogP contribution in [-0.4, -0.2) is 296 Å². The van der Waals surface area contributed by atoms with Crippen LogP contribution in [0, 0.1) is 22.2 Å². The number of nitrogens with zero attached hydrogens (tertiary/aromatic N) is 3. The molecule has 1 unspecified atom stereocenters. The van der Waals surface area contributed by atoms with Crippen molar-refractivity contribution in [1.29, 1.82) is 0 Å². The molecule has 41 heteroatoms. The summed E-state index contributed by atoms with van der Waals surface area (Å²) in [5.41, 5.74) is 0.160. The second-order valence-corrected chi connectivity index (χ2v) is 35.0. The van der Waals surface area contributed by atoms with E-state index in [1.165, 1.54) is 9.80 Å². The Morgan fingerprint density at radius 1 is 0.560 bits per heavy atom. The fraction of sp³-hybridized carbons (Fsp3) is 0.693. The van der Waals surface area contributed by atoms with E-state index in [2.05, 4.69) is 16.0 Å². The Bertz CT molecular complexity index is 4000. The zero-order valence-electron chi connectivity index (χ0n) is 65.9. The number of aliphatic carboxylic acids is 2. The number of likely N-dealkylation sites (tertiary alicyclic amines) is 3. The molecule has 7 rings (SSSR count). The summed E-state index contributed by atoms with van der Waals surface area (Å²) in [6, 6.07) is 6.37. The van der Waals surface area contributed by atoms with Crippen molar-refractivity contribution in [1.82, 2.24) is 30.7 Å². The average molecular weight is 1690 g/mol.